The Morgan fingerprint density at radius 2 is 1.86 bits per heavy atom. The molecule has 4 amide bonds. The summed E-state index contributed by atoms with van der Waals surface area (Å²) >= 11 is 0. The monoisotopic (exact) mass is 394 g/mol. The van der Waals surface area contributed by atoms with Crippen molar-refractivity contribution in [2.75, 3.05) is 30.4 Å². The van der Waals surface area contributed by atoms with Crippen LogP contribution in [-0.2, 0) is 16.0 Å². The molecular weight excluding hydrogens is 372 g/mol. The van der Waals surface area contributed by atoms with Gasteiger partial charge in [0.1, 0.15) is 0 Å². The van der Waals surface area contributed by atoms with Crippen LogP contribution in [0.3, 0.4) is 0 Å². The third-order valence-corrected chi connectivity index (χ3v) is 4.72. The van der Waals surface area contributed by atoms with E-state index in [2.05, 4.69) is 5.32 Å². The molecule has 1 heterocycles. The second-order valence-corrected chi connectivity index (χ2v) is 6.93. The molecule has 0 saturated carbocycles. The maximum atomic E-state index is 12.6. The van der Waals surface area contributed by atoms with Gasteiger partial charge in [0.05, 0.1) is 6.54 Å². The molecule has 8 heteroatoms. The Labute approximate surface area is 168 Å². The number of rotatable bonds is 5. The fourth-order valence-corrected chi connectivity index (χ4v) is 3.33. The van der Waals surface area contributed by atoms with Gasteiger partial charge < -0.3 is 20.9 Å². The first kappa shape index (κ1) is 20.1. The van der Waals surface area contributed by atoms with Crippen molar-refractivity contribution in [1.29, 1.82) is 0 Å². The lowest BCUT2D eigenvalue weighted by Gasteiger charge is -2.16. The average Bonchev–Trinajstić information content (AvgIpc) is 3.10. The van der Waals surface area contributed by atoms with Gasteiger partial charge in [-0.3, -0.25) is 19.2 Å². The van der Waals surface area contributed by atoms with E-state index < -0.39 is 5.91 Å². The van der Waals surface area contributed by atoms with Crippen molar-refractivity contribution in [1.82, 2.24) is 4.90 Å². The molecule has 0 bridgehead atoms. The zero-order chi connectivity index (χ0) is 21.1. The first-order chi connectivity index (χ1) is 13.8. The van der Waals surface area contributed by atoms with E-state index in [1.807, 2.05) is 0 Å². The Bertz CT molecular complexity index is 1000. The number of amides is 4. The lowest BCUT2D eigenvalue weighted by atomic mass is 10.1. The first-order valence-electron chi connectivity index (χ1n) is 9.12. The van der Waals surface area contributed by atoms with Crippen molar-refractivity contribution in [2.24, 2.45) is 5.73 Å². The predicted octanol–water partition coefficient (Wildman–Crippen LogP) is 1.41. The molecule has 0 fully saturated rings. The topological polar surface area (TPSA) is 113 Å². The third-order valence-electron chi connectivity index (χ3n) is 4.72. The lowest BCUT2D eigenvalue weighted by molar-refractivity contribution is -0.118. The second-order valence-electron chi connectivity index (χ2n) is 6.93. The molecule has 150 valence electrons. The van der Waals surface area contributed by atoms with Crippen LogP contribution < -0.4 is 16.0 Å². The van der Waals surface area contributed by atoms with E-state index in [0.29, 0.717) is 29.8 Å². The summed E-state index contributed by atoms with van der Waals surface area (Å²) in [6, 6.07) is 11.7. The Morgan fingerprint density at radius 1 is 1.10 bits per heavy atom. The number of nitrogens with two attached hydrogens (primary N) is 1. The minimum absolute atomic E-state index is 0.0243. The largest absolute Gasteiger partial charge is 0.368 e. The minimum atomic E-state index is -0.606. The van der Waals surface area contributed by atoms with Crippen molar-refractivity contribution in [3.63, 3.8) is 0 Å². The number of hydrogen-bond acceptors (Lipinski definition) is 4. The molecule has 1 aliphatic heterocycles. The van der Waals surface area contributed by atoms with Gasteiger partial charge in [0.25, 0.3) is 11.8 Å². The quantitative estimate of drug-likeness (QED) is 0.798. The summed E-state index contributed by atoms with van der Waals surface area (Å²) in [7, 11) is 1.48. The fourth-order valence-electron chi connectivity index (χ4n) is 3.33. The number of likely N-dealkylation sites (N-methyl/N-ethyl adjacent to an activating group) is 1. The number of primary amides is 1. The van der Waals surface area contributed by atoms with Crippen LogP contribution in [-0.4, -0.2) is 48.7 Å². The number of nitrogens with zero attached hydrogens (tertiary/aromatic N) is 2. The van der Waals surface area contributed by atoms with Gasteiger partial charge in [-0.2, -0.15) is 0 Å². The van der Waals surface area contributed by atoms with E-state index in [-0.39, 0.29) is 24.3 Å². The summed E-state index contributed by atoms with van der Waals surface area (Å²) in [5.74, 6) is -1.32. The molecule has 3 N–H and O–H groups in total. The number of anilines is 2. The zero-order valence-corrected chi connectivity index (χ0v) is 16.3. The molecule has 0 unspecified atom stereocenters. The summed E-state index contributed by atoms with van der Waals surface area (Å²) in [5.41, 5.74) is 8.16. The van der Waals surface area contributed by atoms with Gasteiger partial charge in [-0.05, 0) is 48.4 Å². The molecule has 0 radical (unpaired) electrons. The SMILES string of the molecule is CC(=O)N1CCc2cc(C(=O)Nc3cccc(C(=O)N(C)CC(N)=O)c3)ccc21. The van der Waals surface area contributed by atoms with Crippen LogP contribution in [0.15, 0.2) is 42.5 Å². The number of benzene rings is 2. The Morgan fingerprint density at radius 3 is 2.55 bits per heavy atom. The molecule has 0 aliphatic carbocycles. The number of carbonyl (C=O) groups is 4. The van der Waals surface area contributed by atoms with Crippen LogP contribution in [0.25, 0.3) is 0 Å². The van der Waals surface area contributed by atoms with Crippen LogP contribution in [0.5, 0.6) is 0 Å². The highest BCUT2D eigenvalue weighted by molar-refractivity contribution is 6.06. The van der Waals surface area contributed by atoms with Gasteiger partial charge in [0.15, 0.2) is 0 Å². The van der Waals surface area contributed by atoms with E-state index >= 15 is 0 Å². The van der Waals surface area contributed by atoms with Crippen LogP contribution in [0.2, 0.25) is 0 Å². The van der Waals surface area contributed by atoms with Gasteiger partial charge in [-0.25, -0.2) is 0 Å². The van der Waals surface area contributed by atoms with Gasteiger partial charge >= 0.3 is 0 Å². The third kappa shape index (κ3) is 4.43. The molecule has 0 spiro atoms. The maximum absolute atomic E-state index is 12.6. The standard InChI is InChI=1S/C21H22N4O4/c1-13(26)25-9-8-14-10-15(6-7-18(14)25)20(28)23-17-5-3-4-16(11-17)21(29)24(2)12-19(22)27/h3-7,10-11H,8-9,12H2,1-2H3,(H2,22,27)(H,23,28). The highest BCUT2D eigenvalue weighted by Gasteiger charge is 2.23. The van der Waals surface area contributed by atoms with Gasteiger partial charge in [0.2, 0.25) is 11.8 Å². The summed E-state index contributed by atoms with van der Waals surface area (Å²) in [6.07, 6.45) is 0.701. The van der Waals surface area contributed by atoms with E-state index in [0.717, 1.165) is 11.3 Å². The lowest BCUT2D eigenvalue weighted by Crippen LogP contribution is -2.35. The summed E-state index contributed by atoms with van der Waals surface area (Å²) in [4.78, 5) is 50.6. The van der Waals surface area contributed by atoms with E-state index in [9.17, 15) is 19.2 Å². The van der Waals surface area contributed by atoms with Crippen molar-refractivity contribution in [3.05, 3.63) is 59.2 Å². The summed E-state index contributed by atoms with van der Waals surface area (Å²) < 4.78 is 0. The highest BCUT2D eigenvalue weighted by Crippen LogP contribution is 2.29. The van der Waals surface area contributed by atoms with Crippen LogP contribution >= 0.6 is 0 Å². The minimum Gasteiger partial charge on any atom is -0.368 e. The van der Waals surface area contributed by atoms with Crippen molar-refractivity contribution in [2.45, 2.75) is 13.3 Å². The Hall–Kier alpha value is -3.68. The van der Waals surface area contributed by atoms with Crippen molar-refractivity contribution in [3.8, 4) is 0 Å². The summed E-state index contributed by atoms with van der Waals surface area (Å²) in [6.45, 7) is 1.94. The normalized spacial score (nSPS) is 12.3. The predicted molar refractivity (Wildman–Crippen MR) is 109 cm³/mol. The smallest absolute Gasteiger partial charge is 0.255 e. The van der Waals surface area contributed by atoms with Crippen molar-refractivity contribution < 1.29 is 19.2 Å². The first-order valence-corrected chi connectivity index (χ1v) is 9.12. The highest BCUT2D eigenvalue weighted by atomic mass is 16.2. The van der Waals surface area contributed by atoms with Gasteiger partial charge in [0, 0.05) is 43.0 Å². The fraction of sp³-hybridized carbons (Fsp3) is 0.238. The average molecular weight is 394 g/mol. The molecule has 8 nitrogen and oxygen atoms in total. The maximum Gasteiger partial charge on any atom is 0.255 e. The Balaban J connectivity index is 1.74. The van der Waals surface area contributed by atoms with Gasteiger partial charge in [-0.1, -0.05) is 6.07 Å². The molecule has 2 aromatic carbocycles. The number of fused-ring (bicyclic) bond motifs is 1. The number of carbonyl (C=O) groups excluding carboxylic acids is 4. The molecule has 0 saturated heterocycles. The van der Waals surface area contributed by atoms with E-state index in [1.54, 1.807) is 47.4 Å². The number of hydrogen-bond donors (Lipinski definition) is 2. The second kappa shape index (κ2) is 8.14. The molecule has 1 aliphatic rings. The van der Waals surface area contributed by atoms with Crippen LogP contribution in [0.1, 0.15) is 33.2 Å². The number of nitrogens with one attached hydrogen (secondary N) is 1. The molecule has 2 aromatic rings. The zero-order valence-electron chi connectivity index (χ0n) is 16.3. The molecular formula is C21H22N4O4. The van der Waals surface area contributed by atoms with Gasteiger partial charge in [-0.15, -0.1) is 0 Å². The Kier molecular flexibility index (Phi) is 5.63. The summed E-state index contributed by atoms with van der Waals surface area (Å²) in [5, 5.41) is 2.78. The van der Waals surface area contributed by atoms with Crippen LogP contribution in [0.4, 0.5) is 11.4 Å². The molecule has 3 rings (SSSR count). The molecule has 29 heavy (non-hydrogen) atoms. The van der Waals surface area contributed by atoms with Crippen LogP contribution in [0, 0.1) is 0 Å². The van der Waals surface area contributed by atoms with E-state index in [4.69, 9.17) is 5.73 Å². The molecule has 0 aromatic heterocycles. The van der Waals surface area contributed by atoms with Crippen molar-refractivity contribution >= 4 is 35.0 Å². The van der Waals surface area contributed by atoms with E-state index in [1.165, 1.54) is 18.9 Å². The molecule has 0 atom stereocenters.